The Morgan fingerprint density at radius 1 is 1.33 bits per heavy atom. The average molecular weight is 335 g/mol. The molecule has 1 aromatic rings. The third-order valence-corrected chi connectivity index (χ3v) is 4.42. The van der Waals surface area contributed by atoms with E-state index in [1.165, 1.54) is 12.1 Å². The van der Waals surface area contributed by atoms with E-state index in [9.17, 15) is 8.42 Å². The molecule has 1 fully saturated rings. The molecule has 0 aliphatic carbocycles. The van der Waals surface area contributed by atoms with Gasteiger partial charge in [-0.1, -0.05) is 0 Å². The van der Waals surface area contributed by atoms with Gasteiger partial charge in [0, 0.05) is 29.4 Å². The first kappa shape index (κ1) is 13.8. The molecular formula is C11H15BrN2O3S. The van der Waals surface area contributed by atoms with Crippen LogP contribution in [0.3, 0.4) is 0 Å². The highest BCUT2D eigenvalue weighted by molar-refractivity contribution is 9.10. The molecule has 7 heteroatoms. The fraction of sp³-hybridized carbons (Fsp3) is 0.455. The van der Waals surface area contributed by atoms with E-state index >= 15 is 0 Å². The third kappa shape index (κ3) is 3.44. The van der Waals surface area contributed by atoms with Gasteiger partial charge in [0.25, 0.3) is 0 Å². The van der Waals surface area contributed by atoms with Gasteiger partial charge >= 0.3 is 0 Å². The van der Waals surface area contributed by atoms with Gasteiger partial charge < -0.3 is 10.1 Å². The van der Waals surface area contributed by atoms with E-state index in [-0.39, 0.29) is 4.90 Å². The third-order valence-electron chi connectivity index (χ3n) is 2.85. The highest BCUT2D eigenvalue weighted by Gasteiger charge is 2.16. The van der Waals surface area contributed by atoms with Crippen LogP contribution in [-0.4, -0.2) is 27.7 Å². The molecule has 2 rings (SSSR count). The fourth-order valence-corrected chi connectivity index (χ4v) is 3.04. The topological polar surface area (TPSA) is 81.4 Å². The number of nitrogens with two attached hydrogens (primary N) is 1. The van der Waals surface area contributed by atoms with Crippen LogP contribution >= 0.6 is 15.9 Å². The van der Waals surface area contributed by atoms with Gasteiger partial charge in [0.15, 0.2) is 0 Å². The minimum absolute atomic E-state index is 0.104. The van der Waals surface area contributed by atoms with Crippen molar-refractivity contribution in [3.05, 3.63) is 22.7 Å². The predicted molar refractivity (Wildman–Crippen MR) is 73.0 cm³/mol. The molecule has 3 N–H and O–H groups in total. The molecule has 0 aromatic heterocycles. The number of ether oxygens (including phenoxy) is 1. The Morgan fingerprint density at radius 2 is 2.00 bits per heavy atom. The number of anilines is 1. The Kier molecular flexibility index (Phi) is 4.26. The fourth-order valence-electron chi connectivity index (χ4n) is 1.85. The van der Waals surface area contributed by atoms with Crippen LogP contribution in [0.2, 0.25) is 0 Å². The number of primary sulfonamides is 1. The van der Waals surface area contributed by atoms with Crippen LogP contribution in [-0.2, 0) is 14.8 Å². The Labute approximate surface area is 115 Å². The zero-order valence-corrected chi connectivity index (χ0v) is 12.1. The Bertz CT molecular complexity index is 527. The Balaban J connectivity index is 2.14. The molecule has 0 spiro atoms. The average Bonchev–Trinajstić information content (AvgIpc) is 2.32. The van der Waals surface area contributed by atoms with Gasteiger partial charge in [-0.3, -0.25) is 0 Å². The molecule has 5 nitrogen and oxygen atoms in total. The highest BCUT2D eigenvalue weighted by atomic mass is 79.9. The monoisotopic (exact) mass is 334 g/mol. The summed E-state index contributed by atoms with van der Waals surface area (Å²) in [5, 5.41) is 8.44. The maximum atomic E-state index is 11.2. The van der Waals surface area contributed by atoms with Gasteiger partial charge in [-0.15, -0.1) is 0 Å². The maximum absolute atomic E-state index is 11.2. The quantitative estimate of drug-likeness (QED) is 0.881. The van der Waals surface area contributed by atoms with E-state index in [1.54, 1.807) is 6.07 Å². The Morgan fingerprint density at radius 3 is 2.56 bits per heavy atom. The van der Waals surface area contributed by atoms with E-state index in [2.05, 4.69) is 21.2 Å². The SMILES string of the molecule is NS(=O)(=O)c1ccc(NC2CCOCC2)c(Br)c1. The van der Waals surface area contributed by atoms with Crippen LogP contribution in [0.1, 0.15) is 12.8 Å². The lowest BCUT2D eigenvalue weighted by atomic mass is 10.1. The summed E-state index contributed by atoms with van der Waals surface area (Å²) in [6.07, 6.45) is 1.90. The van der Waals surface area contributed by atoms with Crippen molar-refractivity contribution >= 4 is 31.6 Å². The molecule has 100 valence electrons. The lowest BCUT2D eigenvalue weighted by Crippen LogP contribution is -2.28. The van der Waals surface area contributed by atoms with Crippen LogP contribution < -0.4 is 10.5 Å². The summed E-state index contributed by atoms with van der Waals surface area (Å²) in [6, 6.07) is 5.09. The molecule has 0 unspecified atom stereocenters. The standard InChI is InChI=1S/C11H15BrN2O3S/c12-10-7-9(18(13,15)16)1-2-11(10)14-8-3-5-17-6-4-8/h1-2,7-8,14H,3-6H2,(H2,13,15,16). The highest BCUT2D eigenvalue weighted by Crippen LogP contribution is 2.27. The molecule has 18 heavy (non-hydrogen) atoms. The van der Waals surface area contributed by atoms with Crippen molar-refractivity contribution in [2.45, 2.75) is 23.8 Å². The van der Waals surface area contributed by atoms with Crippen LogP contribution in [0.5, 0.6) is 0 Å². The summed E-state index contributed by atoms with van der Waals surface area (Å²) in [5.41, 5.74) is 0.870. The Hall–Kier alpha value is -0.630. The summed E-state index contributed by atoms with van der Waals surface area (Å²) >= 11 is 3.35. The first-order chi connectivity index (χ1) is 8.47. The van der Waals surface area contributed by atoms with Crippen LogP contribution in [0.4, 0.5) is 5.69 Å². The largest absolute Gasteiger partial charge is 0.381 e. The van der Waals surface area contributed by atoms with E-state index in [4.69, 9.17) is 9.88 Å². The van der Waals surface area contributed by atoms with E-state index in [0.29, 0.717) is 10.5 Å². The molecule has 1 aliphatic rings. The summed E-state index contributed by atoms with van der Waals surface area (Å²) < 4.78 is 28.4. The summed E-state index contributed by atoms with van der Waals surface area (Å²) in [6.45, 7) is 1.51. The number of nitrogens with one attached hydrogen (secondary N) is 1. The van der Waals surface area contributed by atoms with Crippen molar-refractivity contribution < 1.29 is 13.2 Å². The summed E-state index contributed by atoms with van der Waals surface area (Å²) in [5.74, 6) is 0. The molecule has 0 radical (unpaired) electrons. The second-order valence-corrected chi connectivity index (χ2v) is 6.63. The van der Waals surface area contributed by atoms with Gasteiger partial charge in [-0.2, -0.15) is 0 Å². The van der Waals surface area contributed by atoms with E-state index < -0.39 is 10.0 Å². The van der Waals surface area contributed by atoms with Gasteiger partial charge in [0.1, 0.15) is 0 Å². The second kappa shape index (κ2) is 5.56. The smallest absolute Gasteiger partial charge is 0.238 e. The number of sulfonamides is 1. The van der Waals surface area contributed by atoms with Crippen LogP contribution in [0, 0.1) is 0 Å². The lowest BCUT2D eigenvalue weighted by Gasteiger charge is -2.24. The van der Waals surface area contributed by atoms with Gasteiger partial charge in [0.2, 0.25) is 10.0 Å². The first-order valence-electron chi connectivity index (χ1n) is 5.63. The van der Waals surface area contributed by atoms with Crippen molar-refractivity contribution in [1.29, 1.82) is 0 Å². The lowest BCUT2D eigenvalue weighted by molar-refractivity contribution is 0.0904. The summed E-state index contributed by atoms with van der Waals surface area (Å²) in [7, 11) is -3.65. The van der Waals surface area contributed by atoms with Crippen molar-refractivity contribution in [3.8, 4) is 0 Å². The second-order valence-electron chi connectivity index (χ2n) is 4.22. The molecule has 0 atom stereocenters. The molecular weight excluding hydrogens is 320 g/mol. The molecule has 1 aliphatic heterocycles. The minimum Gasteiger partial charge on any atom is -0.381 e. The van der Waals surface area contributed by atoms with Crippen molar-refractivity contribution in [3.63, 3.8) is 0 Å². The molecule has 1 aromatic carbocycles. The van der Waals surface area contributed by atoms with Crippen molar-refractivity contribution in [2.24, 2.45) is 5.14 Å². The molecule has 1 heterocycles. The number of rotatable bonds is 3. The van der Waals surface area contributed by atoms with Crippen molar-refractivity contribution in [1.82, 2.24) is 0 Å². The zero-order valence-electron chi connectivity index (χ0n) is 9.73. The normalized spacial score (nSPS) is 17.7. The van der Waals surface area contributed by atoms with Gasteiger partial charge in [-0.25, -0.2) is 13.6 Å². The molecule has 0 bridgehead atoms. The number of hydrogen-bond acceptors (Lipinski definition) is 4. The zero-order chi connectivity index (χ0) is 13.2. The van der Waals surface area contributed by atoms with Gasteiger partial charge in [-0.05, 0) is 47.0 Å². The van der Waals surface area contributed by atoms with E-state index in [0.717, 1.165) is 31.7 Å². The predicted octanol–water partition coefficient (Wildman–Crippen LogP) is 1.69. The molecule has 0 amide bonds. The maximum Gasteiger partial charge on any atom is 0.238 e. The number of benzene rings is 1. The van der Waals surface area contributed by atoms with Crippen molar-refractivity contribution in [2.75, 3.05) is 18.5 Å². The number of halogens is 1. The van der Waals surface area contributed by atoms with Crippen LogP contribution in [0.25, 0.3) is 0 Å². The molecule has 0 saturated carbocycles. The summed E-state index contributed by atoms with van der Waals surface area (Å²) in [4.78, 5) is 0.104. The van der Waals surface area contributed by atoms with E-state index in [1.807, 2.05) is 0 Å². The molecule has 1 saturated heterocycles. The van der Waals surface area contributed by atoms with Crippen LogP contribution in [0.15, 0.2) is 27.6 Å². The minimum atomic E-state index is -3.65. The van der Waals surface area contributed by atoms with Gasteiger partial charge in [0.05, 0.1) is 4.90 Å². The number of hydrogen-bond donors (Lipinski definition) is 2. The first-order valence-corrected chi connectivity index (χ1v) is 7.97.